The minimum absolute atomic E-state index is 0.435. The molecule has 1 nitrogen and oxygen atoms in total. The van der Waals surface area contributed by atoms with Gasteiger partial charge in [0.15, 0.2) is 0 Å². The van der Waals surface area contributed by atoms with Crippen LogP contribution in [0.15, 0.2) is 0 Å². The first-order valence-corrected chi connectivity index (χ1v) is 8.05. The highest BCUT2D eigenvalue weighted by atomic mass is 14.8. The molecule has 2 N–H and O–H groups in total. The van der Waals surface area contributed by atoms with Gasteiger partial charge in [-0.05, 0) is 66.6 Å². The Morgan fingerprint density at radius 2 is 1.61 bits per heavy atom. The summed E-state index contributed by atoms with van der Waals surface area (Å²) in [4.78, 5) is 0. The van der Waals surface area contributed by atoms with E-state index < -0.39 is 0 Å². The van der Waals surface area contributed by atoms with Crippen LogP contribution in [0.4, 0.5) is 0 Å². The van der Waals surface area contributed by atoms with E-state index in [0.717, 1.165) is 5.92 Å². The molecule has 0 radical (unpaired) electrons. The lowest BCUT2D eigenvalue weighted by atomic mass is 9.38. The molecule has 4 saturated carbocycles. The van der Waals surface area contributed by atoms with Gasteiger partial charge in [-0.15, -0.1) is 0 Å². The minimum Gasteiger partial charge on any atom is -0.327 e. The van der Waals surface area contributed by atoms with E-state index in [-0.39, 0.29) is 0 Å². The van der Waals surface area contributed by atoms with Crippen LogP contribution in [-0.4, -0.2) is 6.04 Å². The molecule has 0 aromatic heterocycles. The molecule has 0 aromatic carbocycles. The fraction of sp³-hybridized carbons (Fsp3) is 1.00. The van der Waals surface area contributed by atoms with Crippen molar-refractivity contribution in [1.82, 2.24) is 0 Å². The number of hydrogen-bond donors (Lipinski definition) is 1. The van der Waals surface area contributed by atoms with Gasteiger partial charge in [0.1, 0.15) is 0 Å². The van der Waals surface area contributed by atoms with Crippen LogP contribution in [0.5, 0.6) is 0 Å². The number of nitrogens with two attached hydrogens (primary N) is 1. The van der Waals surface area contributed by atoms with Crippen LogP contribution in [-0.2, 0) is 0 Å². The van der Waals surface area contributed by atoms with Gasteiger partial charge in [-0.1, -0.05) is 34.1 Å². The quantitative estimate of drug-likeness (QED) is 0.790. The van der Waals surface area contributed by atoms with E-state index >= 15 is 0 Å². The van der Waals surface area contributed by atoms with Crippen LogP contribution >= 0.6 is 0 Å². The molecule has 0 aromatic rings. The monoisotopic (exact) mass is 249 g/mol. The lowest BCUT2D eigenvalue weighted by Gasteiger charge is -2.67. The largest absolute Gasteiger partial charge is 0.327 e. The van der Waals surface area contributed by atoms with Gasteiger partial charge in [0.05, 0.1) is 0 Å². The standard InChI is InChI=1S/C17H31N/c1-5-12(2)14(18)17-8-13-6-15(3,10-17)9-16(4,7-13)11-17/h12-14H,5-11,18H2,1-4H3. The Labute approximate surface area is 113 Å². The lowest BCUT2D eigenvalue weighted by Crippen LogP contribution is -2.61. The first-order valence-electron chi connectivity index (χ1n) is 8.05. The van der Waals surface area contributed by atoms with Gasteiger partial charge >= 0.3 is 0 Å². The fourth-order valence-corrected chi connectivity index (χ4v) is 6.77. The van der Waals surface area contributed by atoms with Crippen molar-refractivity contribution in [1.29, 1.82) is 0 Å². The molecule has 4 aliphatic carbocycles. The second-order valence-electron chi connectivity index (χ2n) is 8.90. The van der Waals surface area contributed by atoms with Crippen LogP contribution in [0.2, 0.25) is 0 Å². The van der Waals surface area contributed by atoms with Crippen molar-refractivity contribution < 1.29 is 0 Å². The summed E-state index contributed by atoms with van der Waals surface area (Å²) in [5.41, 5.74) is 8.45. The van der Waals surface area contributed by atoms with Crippen LogP contribution in [0, 0.1) is 28.1 Å². The number of hydrogen-bond acceptors (Lipinski definition) is 1. The lowest BCUT2D eigenvalue weighted by molar-refractivity contribution is -0.158. The summed E-state index contributed by atoms with van der Waals surface area (Å²) >= 11 is 0. The molecule has 4 rings (SSSR count). The van der Waals surface area contributed by atoms with Gasteiger partial charge < -0.3 is 5.73 Å². The molecule has 0 heterocycles. The van der Waals surface area contributed by atoms with Crippen LogP contribution in [0.25, 0.3) is 0 Å². The molecule has 104 valence electrons. The van der Waals surface area contributed by atoms with E-state index in [4.69, 9.17) is 5.73 Å². The van der Waals surface area contributed by atoms with Crippen molar-refractivity contribution in [3.63, 3.8) is 0 Å². The first kappa shape index (κ1) is 13.0. The second kappa shape index (κ2) is 3.75. The van der Waals surface area contributed by atoms with E-state index in [1.807, 2.05) is 0 Å². The van der Waals surface area contributed by atoms with E-state index in [2.05, 4.69) is 27.7 Å². The zero-order valence-electron chi connectivity index (χ0n) is 12.8. The molecule has 4 unspecified atom stereocenters. The van der Waals surface area contributed by atoms with E-state index in [1.165, 1.54) is 44.9 Å². The van der Waals surface area contributed by atoms with Crippen LogP contribution in [0.3, 0.4) is 0 Å². The maximum absolute atomic E-state index is 6.74. The van der Waals surface area contributed by atoms with Gasteiger partial charge in [0, 0.05) is 6.04 Å². The fourth-order valence-electron chi connectivity index (χ4n) is 6.77. The van der Waals surface area contributed by atoms with Gasteiger partial charge in [-0.25, -0.2) is 0 Å². The highest BCUT2D eigenvalue weighted by Crippen LogP contribution is 2.70. The van der Waals surface area contributed by atoms with Crippen molar-refractivity contribution >= 4 is 0 Å². The van der Waals surface area contributed by atoms with Crippen molar-refractivity contribution in [2.75, 3.05) is 0 Å². The van der Waals surface area contributed by atoms with Gasteiger partial charge in [-0.2, -0.15) is 0 Å². The molecule has 0 saturated heterocycles. The number of rotatable bonds is 3. The maximum atomic E-state index is 6.74. The summed E-state index contributed by atoms with van der Waals surface area (Å²) in [6, 6.07) is 0.435. The third-order valence-electron chi connectivity index (χ3n) is 6.63. The average Bonchev–Trinajstić information content (AvgIpc) is 2.22. The molecule has 4 aliphatic rings. The summed E-state index contributed by atoms with van der Waals surface area (Å²) in [5.74, 6) is 1.67. The molecule has 0 amide bonds. The summed E-state index contributed by atoms with van der Waals surface area (Å²) < 4.78 is 0. The molecule has 18 heavy (non-hydrogen) atoms. The summed E-state index contributed by atoms with van der Waals surface area (Å²) in [5, 5.41) is 0. The Kier molecular flexibility index (Phi) is 2.70. The van der Waals surface area contributed by atoms with E-state index in [1.54, 1.807) is 0 Å². The summed E-state index contributed by atoms with van der Waals surface area (Å²) in [6.07, 6.45) is 9.93. The van der Waals surface area contributed by atoms with Crippen LogP contribution < -0.4 is 5.73 Å². The van der Waals surface area contributed by atoms with E-state index in [9.17, 15) is 0 Å². The Bertz CT molecular complexity index is 330. The molecule has 1 heteroatoms. The average molecular weight is 249 g/mol. The molecule has 0 spiro atoms. The predicted molar refractivity (Wildman–Crippen MR) is 77.3 cm³/mol. The summed E-state index contributed by atoms with van der Waals surface area (Å²) in [7, 11) is 0. The zero-order chi connectivity index (χ0) is 13.2. The molecule has 4 fully saturated rings. The molecular formula is C17H31N. The van der Waals surface area contributed by atoms with Crippen molar-refractivity contribution in [3.05, 3.63) is 0 Å². The first-order chi connectivity index (χ1) is 8.30. The Balaban J connectivity index is 1.93. The SMILES string of the molecule is CCC(C)C(N)C12CC3CC(C)(CC(C)(C3)C1)C2. The van der Waals surface area contributed by atoms with Crippen LogP contribution in [0.1, 0.15) is 72.6 Å². The van der Waals surface area contributed by atoms with E-state index in [0.29, 0.717) is 28.2 Å². The predicted octanol–water partition coefficient (Wildman–Crippen LogP) is 4.36. The van der Waals surface area contributed by atoms with Gasteiger partial charge in [-0.3, -0.25) is 0 Å². The summed E-state index contributed by atoms with van der Waals surface area (Å²) in [6.45, 7) is 9.77. The Morgan fingerprint density at radius 1 is 1.06 bits per heavy atom. The zero-order valence-corrected chi connectivity index (χ0v) is 12.8. The minimum atomic E-state index is 0.435. The van der Waals surface area contributed by atoms with Crippen molar-refractivity contribution in [2.45, 2.75) is 78.7 Å². The highest BCUT2D eigenvalue weighted by Gasteiger charge is 2.61. The highest BCUT2D eigenvalue weighted by molar-refractivity contribution is 5.13. The Morgan fingerprint density at radius 3 is 2.06 bits per heavy atom. The smallest absolute Gasteiger partial charge is 0.0122 e. The van der Waals surface area contributed by atoms with Gasteiger partial charge in [0.2, 0.25) is 0 Å². The third kappa shape index (κ3) is 1.77. The third-order valence-corrected chi connectivity index (χ3v) is 6.63. The maximum Gasteiger partial charge on any atom is 0.0122 e. The normalized spacial score (nSPS) is 53.5. The van der Waals surface area contributed by atoms with Gasteiger partial charge in [0.25, 0.3) is 0 Å². The molecule has 0 aliphatic heterocycles. The van der Waals surface area contributed by atoms with Crippen molar-refractivity contribution in [2.24, 2.45) is 33.8 Å². The van der Waals surface area contributed by atoms with Crippen molar-refractivity contribution in [3.8, 4) is 0 Å². The molecule has 4 atom stereocenters. The second-order valence-corrected chi connectivity index (χ2v) is 8.90. The molecular weight excluding hydrogens is 218 g/mol. The topological polar surface area (TPSA) is 26.0 Å². The molecule has 4 bridgehead atoms. The Hall–Kier alpha value is -0.0400.